The Kier molecular flexibility index (Phi) is 6.91. The quantitative estimate of drug-likeness (QED) is 0.358. The van der Waals surface area contributed by atoms with Crippen molar-refractivity contribution in [1.29, 1.82) is 0 Å². The summed E-state index contributed by atoms with van der Waals surface area (Å²) in [5, 5.41) is 15.7. The third kappa shape index (κ3) is 3.93. The van der Waals surface area contributed by atoms with Crippen molar-refractivity contribution in [2.75, 3.05) is 19.0 Å². The van der Waals surface area contributed by atoms with Gasteiger partial charge in [0.25, 0.3) is 0 Å². The Morgan fingerprint density at radius 1 is 1.30 bits per heavy atom. The number of hydrogen-bond donors (Lipinski definition) is 1. The standard InChI is InChI=1S/C13H19N3O2S.ClH/c14-7-3-1-2-4-8-16(18)10-19-13-6-5-11(15-17)9-12(13)16;/h5-6,9H,1-4,7-8,10,14H2;1H. The van der Waals surface area contributed by atoms with Gasteiger partial charge in [-0.2, -0.15) is 0 Å². The smallest absolute Gasteiger partial charge is 0.149 e. The normalized spacial score (nSPS) is 20.3. The van der Waals surface area contributed by atoms with Crippen LogP contribution in [0.2, 0.25) is 0 Å². The first kappa shape index (κ1) is 17.4. The number of hydroxylamine groups is 2. The van der Waals surface area contributed by atoms with E-state index in [0.717, 1.165) is 30.6 Å². The summed E-state index contributed by atoms with van der Waals surface area (Å²) < 4.78 is -0.341. The summed E-state index contributed by atoms with van der Waals surface area (Å²) in [6.07, 6.45) is 4.02. The molecule has 1 aliphatic rings. The Hall–Kier alpha value is -0.660. The van der Waals surface area contributed by atoms with Crippen LogP contribution in [-0.2, 0) is 0 Å². The molecule has 0 aliphatic carbocycles. The number of nitrogens with zero attached hydrogens (tertiary/aromatic N) is 2. The molecule has 20 heavy (non-hydrogen) atoms. The van der Waals surface area contributed by atoms with Crippen LogP contribution in [0.1, 0.15) is 25.7 Å². The van der Waals surface area contributed by atoms with Crippen molar-refractivity contribution >= 4 is 35.5 Å². The molecule has 112 valence electrons. The summed E-state index contributed by atoms with van der Waals surface area (Å²) in [5.41, 5.74) is 6.48. The maximum Gasteiger partial charge on any atom is 0.149 e. The minimum atomic E-state index is -0.341. The van der Waals surface area contributed by atoms with Crippen molar-refractivity contribution in [3.8, 4) is 0 Å². The molecule has 0 spiro atoms. The number of nitroso groups, excluding NO2 is 1. The van der Waals surface area contributed by atoms with Gasteiger partial charge < -0.3 is 15.6 Å². The molecule has 0 saturated heterocycles. The second-order valence-electron chi connectivity index (χ2n) is 4.83. The van der Waals surface area contributed by atoms with E-state index in [9.17, 15) is 10.1 Å². The van der Waals surface area contributed by atoms with Crippen LogP contribution in [0.25, 0.3) is 0 Å². The second-order valence-corrected chi connectivity index (χ2v) is 5.82. The van der Waals surface area contributed by atoms with Crippen LogP contribution in [0.5, 0.6) is 0 Å². The van der Waals surface area contributed by atoms with Crippen molar-refractivity contribution in [2.24, 2.45) is 10.9 Å². The van der Waals surface area contributed by atoms with Gasteiger partial charge in [0.05, 0.1) is 11.4 Å². The number of quaternary nitrogens is 1. The van der Waals surface area contributed by atoms with Crippen LogP contribution in [0, 0.1) is 10.1 Å². The number of rotatable bonds is 7. The maximum absolute atomic E-state index is 12.8. The van der Waals surface area contributed by atoms with Crippen LogP contribution in [0.4, 0.5) is 11.4 Å². The van der Waals surface area contributed by atoms with Crippen LogP contribution >= 0.6 is 24.2 Å². The van der Waals surface area contributed by atoms with Crippen LogP contribution in [0.3, 0.4) is 0 Å². The van der Waals surface area contributed by atoms with Crippen molar-refractivity contribution in [1.82, 2.24) is 4.65 Å². The molecule has 1 heterocycles. The van der Waals surface area contributed by atoms with E-state index < -0.39 is 0 Å². The first-order valence-corrected chi connectivity index (χ1v) is 7.57. The van der Waals surface area contributed by atoms with E-state index in [1.54, 1.807) is 23.9 Å². The van der Waals surface area contributed by atoms with E-state index in [1.807, 2.05) is 6.07 Å². The van der Waals surface area contributed by atoms with E-state index >= 15 is 0 Å². The monoisotopic (exact) mass is 317 g/mol. The number of thioether (sulfide) groups is 1. The predicted molar refractivity (Wildman–Crippen MR) is 87.4 cm³/mol. The minimum Gasteiger partial charge on any atom is -0.627 e. The average molecular weight is 318 g/mol. The van der Waals surface area contributed by atoms with Gasteiger partial charge >= 0.3 is 0 Å². The van der Waals surface area contributed by atoms with Crippen molar-refractivity contribution in [3.05, 3.63) is 28.3 Å². The molecular weight excluding hydrogens is 298 g/mol. The lowest BCUT2D eigenvalue weighted by molar-refractivity contribution is 0.412. The van der Waals surface area contributed by atoms with Crippen molar-refractivity contribution < 1.29 is 0 Å². The SMILES string of the molecule is Cl.NCCCCCC[N+]1([O-])CSc2ccc(N=O)cc21. The molecule has 5 nitrogen and oxygen atoms in total. The molecule has 1 aromatic rings. The molecule has 0 fully saturated rings. The minimum absolute atomic E-state index is 0. The fourth-order valence-electron chi connectivity index (χ4n) is 2.30. The second kappa shape index (κ2) is 7.95. The summed E-state index contributed by atoms with van der Waals surface area (Å²) in [7, 11) is 0. The molecule has 1 unspecified atom stereocenters. The van der Waals surface area contributed by atoms with Crippen LogP contribution < -0.4 is 10.4 Å². The molecule has 0 saturated carbocycles. The third-order valence-corrected chi connectivity index (χ3v) is 4.59. The van der Waals surface area contributed by atoms with Crippen molar-refractivity contribution in [2.45, 2.75) is 30.6 Å². The largest absolute Gasteiger partial charge is 0.627 e. The third-order valence-electron chi connectivity index (χ3n) is 3.39. The molecule has 0 bridgehead atoms. The molecule has 1 aliphatic heterocycles. The molecule has 0 radical (unpaired) electrons. The highest BCUT2D eigenvalue weighted by molar-refractivity contribution is 7.99. The zero-order valence-corrected chi connectivity index (χ0v) is 12.9. The highest BCUT2D eigenvalue weighted by atomic mass is 35.5. The van der Waals surface area contributed by atoms with Gasteiger partial charge in [-0.05, 0) is 43.1 Å². The molecule has 0 amide bonds. The Morgan fingerprint density at radius 3 is 2.75 bits per heavy atom. The first-order valence-electron chi connectivity index (χ1n) is 6.58. The zero-order valence-electron chi connectivity index (χ0n) is 11.3. The lowest BCUT2D eigenvalue weighted by atomic mass is 10.2. The van der Waals surface area contributed by atoms with E-state index in [2.05, 4.69) is 5.18 Å². The van der Waals surface area contributed by atoms with E-state index in [4.69, 9.17) is 5.73 Å². The lowest BCUT2D eigenvalue weighted by Gasteiger charge is -2.37. The van der Waals surface area contributed by atoms with Gasteiger partial charge in [0.2, 0.25) is 0 Å². The van der Waals surface area contributed by atoms with Gasteiger partial charge in [0, 0.05) is 6.07 Å². The zero-order chi connectivity index (χ0) is 13.7. The fraction of sp³-hybridized carbons (Fsp3) is 0.538. The summed E-state index contributed by atoms with van der Waals surface area (Å²) in [4.78, 5) is 11.5. The lowest BCUT2D eigenvalue weighted by Crippen LogP contribution is -2.41. The number of hydrogen-bond acceptors (Lipinski definition) is 5. The molecule has 1 aromatic carbocycles. The fourth-order valence-corrected chi connectivity index (χ4v) is 3.45. The highest BCUT2D eigenvalue weighted by Gasteiger charge is 2.31. The van der Waals surface area contributed by atoms with Gasteiger partial charge in [0.15, 0.2) is 0 Å². The molecule has 7 heteroatoms. The highest BCUT2D eigenvalue weighted by Crippen LogP contribution is 2.45. The summed E-state index contributed by atoms with van der Waals surface area (Å²) in [5.74, 6) is 0.495. The van der Waals surface area contributed by atoms with E-state index in [0.29, 0.717) is 30.3 Å². The van der Waals surface area contributed by atoms with Gasteiger partial charge in [-0.3, -0.25) is 0 Å². The Labute approximate surface area is 129 Å². The van der Waals surface area contributed by atoms with Gasteiger partial charge in [-0.15, -0.1) is 17.3 Å². The van der Waals surface area contributed by atoms with Crippen LogP contribution in [0.15, 0.2) is 28.3 Å². The number of benzene rings is 1. The predicted octanol–water partition coefficient (Wildman–Crippen LogP) is 3.89. The Morgan fingerprint density at radius 2 is 2.05 bits per heavy atom. The average Bonchev–Trinajstić information content (AvgIpc) is 2.76. The summed E-state index contributed by atoms with van der Waals surface area (Å²) in [6.45, 7) is 1.28. The number of halogens is 1. The van der Waals surface area contributed by atoms with Gasteiger partial charge in [-0.25, -0.2) is 0 Å². The van der Waals surface area contributed by atoms with Crippen LogP contribution in [-0.4, -0.2) is 19.0 Å². The maximum atomic E-state index is 12.8. The Balaban J connectivity index is 0.00000200. The molecule has 2 rings (SSSR count). The van der Waals surface area contributed by atoms with E-state index in [1.165, 1.54) is 0 Å². The molecule has 2 N–H and O–H groups in total. The topological polar surface area (TPSA) is 78.5 Å². The van der Waals surface area contributed by atoms with Gasteiger partial charge in [0.1, 0.15) is 17.3 Å². The number of fused-ring (bicyclic) bond motifs is 1. The molecular formula is C13H20ClN3O2S. The molecule has 0 aromatic heterocycles. The summed E-state index contributed by atoms with van der Waals surface area (Å²) in [6, 6.07) is 5.12. The van der Waals surface area contributed by atoms with Gasteiger partial charge in [-0.1, -0.05) is 18.2 Å². The number of unbranched alkanes of at least 4 members (excludes halogenated alkanes) is 3. The van der Waals surface area contributed by atoms with Crippen molar-refractivity contribution in [3.63, 3.8) is 0 Å². The first-order chi connectivity index (χ1) is 9.19. The summed E-state index contributed by atoms with van der Waals surface area (Å²) >= 11 is 1.56. The molecule has 1 atom stereocenters. The number of nitrogens with two attached hydrogens (primary N) is 1. The van der Waals surface area contributed by atoms with E-state index in [-0.39, 0.29) is 17.1 Å². The Bertz CT molecular complexity index is 461.